The molecule has 0 aromatic rings. The zero-order valence-electron chi connectivity index (χ0n) is 2.92. The van der Waals surface area contributed by atoms with Gasteiger partial charge < -0.3 is 0 Å². The van der Waals surface area contributed by atoms with E-state index in [4.69, 9.17) is 11.6 Å². The van der Waals surface area contributed by atoms with Gasteiger partial charge in [0, 0.05) is 4.48 Å². The van der Waals surface area contributed by atoms with Crippen LogP contribution >= 0.6 is 43.5 Å². The highest BCUT2D eigenvalue weighted by molar-refractivity contribution is 9.14. The van der Waals surface area contributed by atoms with Crippen LogP contribution in [-0.2, 0) is 0 Å². The first kappa shape index (κ1) is 6.99. The molecule has 0 unspecified atom stereocenters. The summed E-state index contributed by atoms with van der Waals surface area (Å²) in [4.78, 5) is 1.74. The van der Waals surface area contributed by atoms with Crippen LogP contribution < -0.4 is 0 Å². The van der Waals surface area contributed by atoms with Gasteiger partial charge in [0.25, 0.3) is 0 Å². The van der Waals surface area contributed by atoms with E-state index in [9.17, 15) is 0 Å². The highest BCUT2D eigenvalue weighted by Crippen LogP contribution is 2.07. The second kappa shape index (κ2) is 4.16. The Morgan fingerprint density at radius 1 is 1.83 bits per heavy atom. The van der Waals surface area contributed by atoms with E-state index in [1.54, 1.807) is 4.99 Å². The van der Waals surface area contributed by atoms with Crippen molar-refractivity contribution in [2.24, 2.45) is 0 Å². The molecular formula is C3H3Br2Cl. The van der Waals surface area contributed by atoms with Crippen LogP contribution in [0, 0.1) is 0 Å². The third-order valence-corrected chi connectivity index (χ3v) is 2.53. The Morgan fingerprint density at radius 2 is 2.33 bits per heavy atom. The third kappa shape index (κ3) is 3.19. The average Bonchev–Trinajstić information content (AvgIpc) is 1.65. The minimum absolute atomic E-state index is 0.533. The molecule has 0 aromatic carbocycles. The smallest absolute Gasteiger partial charge is 0.0545 e. The fourth-order valence-corrected chi connectivity index (χ4v) is 0.455. The quantitative estimate of drug-likeness (QED) is 0.612. The fourth-order valence-electron chi connectivity index (χ4n) is 0.0292. The molecule has 36 valence electrons. The van der Waals surface area contributed by atoms with Gasteiger partial charge in [0.05, 0.1) is 5.88 Å². The summed E-state index contributed by atoms with van der Waals surface area (Å²) >= 11 is 11.5. The summed E-state index contributed by atoms with van der Waals surface area (Å²) in [6, 6.07) is 0. The number of halogens is 3. The lowest BCUT2D eigenvalue weighted by atomic mass is 10.8. The Morgan fingerprint density at radius 3 is 2.33 bits per heavy atom. The summed E-state index contributed by atoms with van der Waals surface area (Å²) in [7, 11) is 0. The van der Waals surface area contributed by atoms with E-state index < -0.39 is 0 Å². The fraction of sp³-hybridized carbons (Fsp3) is 0.333. The molecule has 0 radical (unpaired) electrons. The van der Waals surface area contributed by atoms with E-state index in [1.165, 1.54) is 0 Å². The summed E-state index contributed by atoms with van der Waals surface area (Å²) in [5, 5.41) is 0. The van der Waals surface area contributed by atoms with Crippen LogP contribution in [-0.4, -0.2) is 5.88 Å². The summed E-state index contributed by atoms with van der Waals surface area (Å²) in [6.45, 7) is 0. The third-order valence-electron chi connectivity index (χ3n) is 0.246. The number of allylic oxidation sites excluding steroid dienone is 1. The van der Waals surface area contributed by atoms with E-state index in [0.717, 1.165) is 4.48 Å². The van der Waals surface area contributed by atoms with Gasteiger partial charge in [0.2, 0.25) is 0 Å². The number of alkyl halides is 1. The summed E-state index contributed by atoms with van der Waals surface area (Å²) < 4.78 is 0.962. The lowest BCUT2D eigenvalue weighted by Crippen LogP contribution is -1.62. The van der Waals surface area contributed by atoms with Crippen LogP contribution in [0.5, 0.6) is 0 Å². The SMILES string of the molecule is ClC/C(Br)=C\Br. The zero-order valence-corrected chi connectivity index (χ0v) is 6.85. The topological polar surface area (TPSA) is 0 Å². The van der Waals surface area contributed by atoms with E-state index in [2.05, 4.69) is 31.9 Å². The lowest BCUT2D eigenvalue weighted by molar-refractivity contribution is 1.75. The molecule has 0 atom stereocenters. The summed E-state index contributed by atoms with van der Waals surface area (Å²) in [5.41, 5.74) is 0. The molecule has 0 bridgehead atoms. The molecule has 0 fully saturated rings. The first-order chi connectivity index (χ1) is 2.81. The maximum Gasteiger partial charge on any atom is 0.0545 e. The second-order valence-corrected chi connectivity index (χ2v) is 2.43. The first-order valence-electron chi connectivity index (χ1n) is 1.32. The van der Waals surface area contributed by atoms with E-state index >= 15 is 0 Å². The predicted octanol–water partition coefficient (Wildman–Crippen LogP) is 2.86. The molecule has 0 saturated heterocycles. The van der Waals surface area contributed by atoms with Crippen LogP contribution in [0.4, 0.5) is 0 Å². The van der Waals surface area contributed by atoms with Gasteiger partial charge in [0.1, 0.15) is 0 Å². The normalized spacial score (nSPS) is 12.2. The molecule has 0 aliphatic heterocycles. The summed E-state index contributed by atoms with van der Waals surface area (Å²) in [5.74, 6) is 0.533. The maximum absolute atomic E-state index is 5.31. The molecule has 0 heterocycles. The molecule has 6 heavy (non-hydrogen) atoms. The Labute approximate surface area is 58.8 Å². The number of hydrogen-bond donors (Lipinski definition) is 0. The van der Waals surface area contributed by atoms with E-state index in [0.29, 0.717) is 5.88 Å². The zero-order chi connectivity index (χ0) is 4.99. The molecule has 0 aromatic heterocycles. The van der Waals surface area contributed by atoms with Gasteiger partial charge in [-0.25, -0.2) is 0 Å². The van der Waals surface area contributed by atoms with Crippen molar-refractivity contribution >= 4 is 43.5 Å². The summed E-state index contributed by atoms with van der Waals surface area (Å²) in [6.07, 6.45) is 0. The van der Waals surface area contributed by atoms with Crippen molar-refractivity contribution in [2.75, 3.05) is 5.88 Å². The predicted molar refractivity (Wildman–Crippen MR) is 36.7 cm³/mol. The van der Waals surface area contributed by atoms with Crippen LogP contribution in [0.25, 0.3) is 0 Å². The van der Waals surface area contributed by atoms with Crippen molar-refractivity contribution in [3.63, 3.8) is 0 Å². The van der Waals surface area contributed by atoms with Crippen LogP contribution in [0.2, 0.25) is 0 Å². The van der Waals surface area contributed by atoms with Gasteiger partial charge >= 0.3 is 0 Å². The van der Waals surface area contributed by atoms with Gasteiger partial charge in [0.15, 0.2) is 0 Å². The number of rotatable bonds is 1. The van der Waals surface area contributed by atoms with Crippen LogP contribution in [0.3, 0.4) is 0 Å². The van der Waals surface area contributed by atoms with Crippen molar-refractivity contribution < 1.29 is 0 Å². The molecule has 0 saturated carbocycles. The maximum atomic E-state index is 5.31. The monoisotopic (exact) mass is 232 g/mol. The Balaban J connectivity index is 3.22. The van der Waals surface area contributed by atoms with Crippen molar-refractivity contribution in [3.05, 3.63) is 9.47 Å². The van der Waals surface area contributed by atoms with Crippen LogP contribution in [0.1, 0.15) is 0 Å². The van der Waals surface area contributed by atoms with Gasteiger partial charge in [-0.2, -0.15) is 0 Å². The second-order valence-electron chi connectivity index (χ2n) is 0.690. The minimum Gasteiger partial charge on any atom is -0.121 e. The molecule has 0 N–H and O–H groups in total. The molecule has 0 rings (SSSR count). The van der Waals surface area contributed by atoms with Gasteiger partial charge in [-0.05, 0) is 4.99 Å². The Bertz CT molecular complexity index is 59.8. The molecule has 0 aliphatic carbocycles. The van der Waals surface area contributed by atoms with Gasteiger partial charge in [-0.1, -0.05) is 31.9 Å². The molecule has 0 nitrogen and oxygen atoms in total. The molecular weight excluding hydrogens is 231 g/mol. The molecule has 0 aliphatic rings. The molecule has 0 amide bonds. The van der Waals surface area contributed by atoms with Crippen molar-refractivity contribution in [1.29, 1.82) is 0 Å². The Kier molecular flexibility index (Phi) is 4.84. The minimum atomic E-state index is 0.533. The molecule has 3 heteroatoms. The lowest BCUT2D eigenvalue weighted by Gasteiger charge is -1.78. The van der Waals surface area contributed by atoms with Crippen molar-refractivity contribution in [1.82, 2.24) is 0 Å². The number of hydrogen-bond acceptors (Lipinski definition) is 0. The van der Waals surface area contributed by atoms with Gasteiger partial charge in [-0.15, -0.1) is 11.6 Å². The average molecular weight is 234 g/mol. The molecule has 0 spiro atoms. The highest BCUT2D eigenvalue weighted by atomic mass is 79.9. The van der Waals surface area contributed by atoms with Crippen molar-refractivity contribution in [2.45, 2.75) is 0 Å². The Hall–Kier alpha value is 0.990. The van der Waals surface area contributed by atoms with Gasteiger partial charge in [-0.3, -0.25) is 0 Å². The van der Waals surface area contributed by atoms with Crippen molar-refractivity contribution in [3.8, 4) is 0 Å². The first-order valence-corrected chi connectivity index (χ1v) is 3.56. The van der Waals surface area contributed by atoms with E-state index in [1.807, 2.05) is 0 Å². The largest absolute Gasteiger partial charge is 0.121 e. The highest BCUT2D eigenvalue weighted by Gasteiger charge is 1.79. The van der Waals surface area contributed by atoms with E-state index in [-0.39, 0.29) is 0 Å². The standard InChI is InChI=1S/C3H3Br2Cl/c4-1-3(5)2-6/h1H,2H2/b3-1+. The van der Waals surface area contributed by atoms with Crippen LogP contribution in [0.15, 0.2) is 9.47 Å².